The zero-order valence-corrected chi connectivity index (χ0v) is 14.5. The molecule has 2 amide bonds. The molecule has 8 nitrogen and oxygen atoms in total. The Bertz CT molecular complexity index is 1000. The first-order chi connectivity index (χ1) is 12.3. The predicted octanol–water partition coefficient (Wildman–Crippen LogP) is 1.59. The molecule has 0 aliphatic carbocycles. The number of aryl methyl sites for hydroxylation is 2. The van der Waals surface area contributed by atoms with Gasteiger partial charge in [-0.15, -0.1) is 5.10 Å². The van der Waals surface area contributed by atoms with Gasteiger partial charge in [0, 0.05) is 24.1 Å². The minimum Gasteiger partial charge on any atom is -0.330 e. The number of carbonyl (C=O) groups is 2. The largest absolute Gasteiger partial charge is 0.330 e. The van der Waals surface area contributed by atoms with Crippen LogP contribution in [0.1, 0.15) is 22.0 Å². The highest BCUT2D eigenvalue weighted by atomic mass is 19.1. The number of fused-ring (bicyclic) bond motifs is 1. The number of halogens is 1. The number of aromatic nitrogens is 4. The Morgan fingerprint density at radius 2 is 2.00 bits per heavy atom. The quantitative estimate of drug-likeness (QED) is 0.766. The molecule has 2 aromatic heterocycles. The molecule has 2 heterocycles. The van der Waals surface area contributed by atoms with E-state index in [9.17, 15) is 14.0 Å². The van der Waals surface area contributed by atoms with E-state index in [1.54, 1.807) is 6.07 Å². The van der Waals surface area contributed by atoms with Crippen LogP contribution in [0.5, 0.6) is 0 Å². The van der Waals surface area contributed by atoms with Gasteiger partial charge in [0.25, 0.3) is 11.7 Å². The Balaban J connectivity index is 1.71. The van der Waals surface area contributed by atoms with E-state index in [-0.39, 0.29) is 12.4 Å². The average Bonchev–Trinajstić information content (AvgIpc) is 2.98. The SMILES string of the molecule is Cc1cc(C)n2nc(C(=O)N(C)CC(=O)Nc3cccc(F)c3)nc2n1. The van der Waals surface area contributed by atoms with Gasteiger partial charge in [-0.05, 0) is 38.1 Å². The summed E-state index contributed by atoms with van der Waals surface area (Å²) in [6, 6.07) is 7.34. The second-order valence-corrected chi connectivity index (χ2v) is 5.91. The zero-order chi connectivity index (χ0) is 18.8. The van der Waals surface area contributed by atoms with Crippen LogP contribution in [0.4, 0.5) is 10.1 Å². The Morgan fingerprint density at radius 3 is 2.73 bits per heavy atom. The lowest BCUT2D eigenvalue weighted by atomic mass is 10.3. The summed E-state index contributed by atoms with van der Waals surface area (Å²) in [4.78, 5) is 34.1. The Morgan fingerprint density at radius 1 is 1.23 bits per heavy atom. The highest BCUT2D eigenvalue weighted by Gasteiger charge is 2.20. The van der Waals surface area contributed by atoms with Gasteiger partial charge in [-0.2, -0.15) is 4.98 Å². The summed E-state index contributed by atoms with van der Waals surface area (Å²) in [6.07, 6.45) is 0. The second-order valence-electron chi connectivity index (χ2n) is 5.91. The van der Waals surface area contributed by atoms with Crippen LogP contribution in [0.15, 0.2) is 30.3 Å². The van der Waals surface area contributed by atoms with Crippen molar-refractivity contribution in [2.75, 3.05) is 18.9 Å². The summed E-state index contributed by atoms with van der Waals surface area (Å²) in [5.74, 6) is -1.16. The number of nitrogens with zero attached hydrogens (tertiary/aromatic N) is 5. The average molecular weight is 356 g/mol. The van der Waals surface area contributed by atoms with E-state index in [0.29, 0.717) is 11.5 Å². The van der Waals surface area contributed by atoms with Gasteiger partial charge in [-0.3, -0.25) is 9.59 Å². The van der Waals surface area contributed by atoms with Gasteiger partial charge in [-0.1, -0.05) is 6.07 Å². The lowest BCUT2D eigenvalue weighted by Gasteiger charge is -2.14. The molecule has 0 unspecified atom stereocenters. The van der Waals surface area contributed by atoms with E-state index in [0.717, 1.165) is 11.4 Å². The van der Waals surface area contributed by atoms with Gasteiger partial charge in [0.05, 0.1) is 6.54 Å². The molecule has 0 aliphatic heterocycles. The van der Waals surface area contributed by atoms with Gasteiger partial charge in [-0.25, -0.2) is 13.9 Å². The summed E-state index contributed by atoms with van der Waals surface area (Å²) in [6.45, 7) is 3.43. The Labute approximate surface area is 148 Å². The van der Waals surface area contributed by atoms with Crippen molar-refractivity contribution < 1.29 is 14.0 Å². The molecular weight excluding hydrogens is 339 g/mol. The standard InChI is InChI=1S/C17H17FN6O2/c1-10-7-11(2)24-17(19-10)21-15(22-24)16(26)23(3)9-14(25)20-13-6-4-5-12(18)8-13/h4-8H,9H2,1-3H3,(H,20,25). The van der Waals surface area contributed by atoms with Crippen LogP contribution in [0.25, 0.3) is 5.78 Å². The number of rotatable bonds is 4. The number of hydrogen-bond donors (Lipinski definition) is 1. The fraction of sp³-hybridized carbons (Fsp3) is 0.235. The molecule has 0 fully saturated rings. The first-order valence-corrected chi connectivity index (χ1v) is 7.85. The highest BCUT2D eigenvalue weighted by Crippen LogP contribution is 2.10. The van der Waals surface area contributed by atoms with E-state index in [2.05, 4.69) is 20.4 Å². The molecular formula is C17H17FN6O2. The van der Waals surface area contributed by atoms with Crippen LogP contribution < -0.4 is 5.32 Å². The lowest BCUT2D eigenvalue weighted by molar-refractivity contribution is -0.116. The van der Waals surface area contributed by atoms with E-state index in [4.69, 9.17) is 0 Å². The normalized spacial score (nSPS) is 10.8. The molecule has 0 bridgehead atoms. The number of carbonyl (C=O) groups excluding carboxylic acids is 2. The highest BCUT2D eigenvalue weighted by molar-refractivity contribution is 5.97. The molecule has 0 saturated carbocycles. The number of anilines is 1. The van der Waals surface area contributed by atoms with Crippen molar-refractivity contribution in [2.24, 2.45) is 0 Å². The summed E-state index contributed by atoms with van der Waals surface area (Å²) in [7, 11) is 1.46. The molecule has 0 radical (unpaired) electrons. The smallest absolute Gasteiger partial charge is 0.293 e. The summed E-state index contributed by atoms with van der Waals surface area (Å²) in [5.41, 5.74) is 1.88. The monoisotopic (exact) mass is 356 g/mol. The number of likely N-dealkylation sites (N-methyl/N-ethyl adjacent to an activating group) is 1. The van der Waals surface area contributed by atoms with Crippen LogP contribution in [0, 0.1) is 19.7 Å². The van der Waals surface area contributed by atoms with Gasteiger partial charge >= 0.3 is 0 Å². The summed E-state index contributed by atoms with van der Waals surface area (Å²) < 4.78 is 14.6. The van der Waals surface area contributed by atoms with Crippen LogP contribution in [0.2, 0.25) is 0 Å². The summed E-state index contributed by atoms with van der Waals surface area (Å²) >= 11 is 0. The number of amides is 2. The summed E-state index contributed by atoms with van der Waals surface area (Å²) in [5, 5.41) is 6.68. The third-order valence-electron chi connectivity index (χ3n) is 3.65. The third-order valence-corrected chi connectivity index (χ3v) is 3.65. The van der Waals surface area contributed by atoms with Gasteiger partial charge in [0.2, 0.25) is 11.7 Å². The van der Waals surface area contributed by atoms with Crippen LogP contribution in [-0.4, -0.2) is 49.9 Å². The van der Waals surface area contributed by atoms with Crippen molar-refractivity contribution in [3.8, 4) is 0 Å². The first kappa shape index (κ1) is 17.5. The van der Waals surface area contributed by atoms with Crippen LogP contribution >= 0.6 is 0 Å². The second kappa shape index (κ2) is 6.87. The van der Waals surface area contributed by atoms with Crippen molar-refractivity contribution in [2.45, 2.75) is 13.8 Å². The van der Waals surface area contributed by atoms with Gasteiger partial charge < -0.3 is 10.2 Å². The van der Waals surface area contributed by atoms with Crippen molar-refractivity contribution in [3.63, 3.8) is 0 Å². The van der Waals surface area contributed by atoms with Crippen molar-refractivity contribution in [1.29, 1.82) is 0 Å². The number of benzene rings is 1. The maximum absolute atomic E-state index is 13.2. The van der Waals surface area contributed by atoms with Crippen molar-refractivity contribution >= 4 is 23.3 Å². The maximum atomic E-state index is 13.2. The zero-order valence-electron chi connectivity index (χ0n) is 14.5. The van der Waals surface area contributed by atoms with Gasteiger partial charge in [0.1, 0.15) is 5.82 Å². The first-order valence-electron chi connectivity index (χ1n) is 7.85. The third kappa shape index (κ3) is 3.66. The molecule has 1 N–H and O–H groups in total. The Kier molecular flexibility index (Phi) is 4.61. The molecule has 3 rings (SSSR count). The fourth-order valence-corrected chi connectivity index (χ4v) is 2.48. The number of hydrogen-bond acceptors (Lipinski definition) is 5. The maximum Gasteiger partial charge on any atom is 0.293 e. The lowest BCUT2D eigenvalue weighted by Crippen LogP contribution is -2.35. The van der Waals surface area contributed by atoms with Crippen LogP contribution in [0.3, 0.4) is 0 Å². The van der Waals surface area contributed by atoms with Crippen molar-refractivity contribution in [1.82, 2.24) is 24.5 Å². The molecule has 26 heavy (non-hydrogen) atoms. The molecule has 0 atom stereocenters. The van der Waals surface area contributed by atoms with Crippen molar-refractivity contribution in [3.05, 3.63) is 53.4 Å². The molecule has 1 aromatic carbocycles. The Hall–Kier alpha value is -3.36. The molecule has 0 saturated heterocycles. The molecule has 0 spiro atoms. The molecule has 3 aromatic rings. The van der Waals surface area contributed by atoms with E-state index < -0.39 is 17.6 Å². The minimum absolute atomic E-state index is 0.0488. The fourth-order valence-electron chi connectivity index (χ4n) is 2.48. The van der Waals surface area contributed by atoms with Gasteiger partial charge in [0.15, 0.2) is 0 Å². The molecule has 134 valence electrons. The molecule has 0 aliphatic rings. The topological polar surface area (TPSA) is 92.5 Å². The van der Waals surface area contributed by atoms with E-state index in [1.165, 1.54) is 34.7 Å². The van der Waals surface area contributed by atoms with Crippen LogP contribution in [-0.2, 0) is 4.79 Å². The van der Waals surface area contributed by atoms with E-state index >= 15 is 0 Å². The van der Waals surface area contributed by atoms with E-state index in [1.807, 2.05) is 19.9 Å². The minimum atomic E-state index is -0.512. The molecule has 9 heteroatoms. The number of nitrogens with one attached hydrogen (secondary N) is 1. The predicted molar refractivity (Wildman–Crippen MR) is 92.2 cm³/mol.